The molecule has 0 radical (unpaired) electrons. The van der Waals surface area contributed by atoms with E-state index in [1.807, 2.05) is 12.2 Å². The van der Waals surface area contributed by atoms with Crippen molar-refractivity contribution in [1.29, 1.82) is 0 Å². The summed E-state index contributed by atoms with van der Waals surface area (Å²) in [4.78, 5) is 24.0. The predicted molar refractivity (Wildman–Crippen MR) is 211 cm³/mol. The van der Waals surface area contributed by atoms with Crippen LogP contribution < -0.4 is 0 Å². The van der Waals surface area contributed by atoms with Gasteiger partial charge in [-0.05, 0) is 44.4 Å². The maximum atomic E-state index is 12.0. The quantitative estimate of drug-likeness (QED) is 0.0289. The van der Waals surface area contributed by atoms with Gasteiger partial charge in [0.15, 0.2) is 0 Å². The van der Waals surface area contributed by atoms with Gasteiger partial charge >= 0.3 is 11.9 Å². The van der Waals surface area contributed by atoms with Gasteiger partial charge in [-0.1, -0.05) is 186 Å². The molecule has 0 heterocycles. The minimum Gasteiger partial charge on any atom is -0.463 e. The van der Waals surface area contributed by atoms with Crippen molar-refractivity contribution in [3.05, 3.63) is 36.5 Å². The van der Waals surface area contributed by atoms with E-state index in [-0.39, 0.29) is 25.6 Å². The van der Waals surface area contributed by atoms with Gasteiger partial charge in [0.2, 0.25) is 0 Å². The molecule has 2 N–H and O–H groups in total. The first-order valence-electron chi connectivity index (χ1n) is 21.0. The summed E-state index contributed by atoms with van der Waals surface area (Å²) in [6, 6.07) is 0. The van der Waals surface area contributed by atoms with Crippen molar-refractivity contribution >= 4 is 11.9 Å². The van der Waals surface area contributed by atoms with E-state index < -0.39 is 18.2 Å². The van der Waals surface area contributed by atoms with Crippen LogP contribution in [-0.4, -0.2) is 47.6 Å². The Hall–Kier alpha value is -1.92. The molecule has 0 aliphatic heterocycles. The Morgan fingerprint density at radius 3 is 1.56 bits per heavy atom. The third-order valence-electron chi connectivity index (χ3n) is 9.16. The van der Waals surface area contributed by atoms with Gasteiger partial charge in [0.05, 0.1) is 6.10 Å². The lowest BCUT2D eigenvalue weighted by atomic mass is 10.0. The molecule has 0 saturated carbocycles. The Labute approximate surface area is 309 Å². The first kappa shape index (κ1) is 48.1. The van der Waals surface area contributed by atoms with Gasteiger partial charge in [0, 0.05) is 12.8 Å². The average Bonchev–Trinajstić information content (AvgIpc) is 3.09. The first-order chi connectivity index (χ1) is 24.3. The SMILES string of the molecule is CCCCCCCC/C=C/C/C=C/C=C/C(O)CCCC(=O)OC[C@H](O)COC(=O)CCCCCCCCCCCCCCCCCC(C)C. The zero-order chi connectivity index (χ0) is 36.8. The van der Waals surface area contributed by atoms with Gasteiger partial charge in [-0.25, -0.2) is 0 Å². The van der Waals surface area contributed by atoms with Crippen LogP contribution in [0.4, 0.5) is 0 Å². The molecule has 6 heteroatoms. The maximum absolute atomic E-state index is 12.0. The highest BCUT2D eigenvalue weighted by molar-refractivity contribution is 5.69. The maximum Gasteiger partial charge on any atom is 0.305 e. The summed E-state index contributed by atoms with van der Waals surface area (Å²) in [5.74, 6) is 0.0982. The Balaban J connectivity index is 3.57. The van der Waals surface area contributed by atoms with Crippen molar-refractivity contribution in [3.63, 3.8) is 0 Å². The fraction of sp³-hybridized carbons (Fsp3) is 0.818. The smallest absolute Gasteiger partial charge is 0.305 e. The number of aliphatic hydroxyl groups excluding tert-OH is 2. The van der Waals surface area contributed by atoms with E-state index in [0.717, 1.165) is 38.0 Å². The monoisotopic (exact) mass is 705 g/mol. The summed E-state index contributed by atoms with van der Waals surface area (Å²) in [6.45, 7) is 6.50. The van der Waals surface area contributed by atoms with Crippen molar-refractivity contribution in [2.24, 2.45) is 5.92 Å². The van der Waals surface area contributed by atoms with E-state index >= 15 is 0 Å². The second-order valence-corrected chi connectivity index (χ2v) is 14.8. The van der Waals surface area contributed by atoms with Crippen molar-refractivity contribution in [2.75, 3.05) is 13.2 Å². The summed E-state index contributed by atoms with van der Waals surface area (Å²) < 4.78 is 10.3. The molecule has 1 unspecified atom stereocenters. The van der Waals surface area contributed by atoms with E-state index in [4.69, 9.17) is 9.47 Å². The molecule has 0 bridgehead atoms. The van der Waals surface area contributed by atoms with Crippen LogP contribution in [0.1, 0.15) is 201 Å². The highest BCUT2D eigenvalue weighted by atomic mass is 16.6. The van der Waals surface area contributed by atoms with Crippen LogP contribution in [0.2, 0.25) is 0 Å². The molecule has 2 atom stereocenters. The van der Waals surface area contributed by atoms with E-state index in [1.54, 1.807) is 6.08 Å². The molecule has 0 aromatic carbocycles. The van der Waals surface area contributed by atoms with Crippen LogP contribution in [-0.2, 0) is 19.1 Å². The molecule has 0 aliphatic rings. The van der Waals surface area contributed by atoms with Gasteiger partial charge in [-0.15, -0.1) is 0 Å². The summed E-state index contributed by atoms with van der Waals surface area (Å²) in [5.41, 5.74) is 0. The van der Waals surface area contributed by atoms with Crippen molar-refractivity contribution in [1.82, 2.24) is 0 Å². The molecule has 0 spiro atoms. The Kier molecular flexibility index (Phi) is 36.8. The lowest BCUT2D eigenvalue weighted by molar-refractivity contribution is -0.152. The largest absolute Gasteiger partial charge is 0.463 e. The molecule has 0 aromatic rings. The van der Waals surface area contributed by atoms with Gasteiger partial charge in [0.25, 0.3) is 0 Å². The second kappa shape index (κ2) is 38.3. The van der Waals surface area contributed by atoms with E-state index in [0.29, 0.717) is 19.3 Å². The molecule has 0 aromatic heterocycles. The number of hydrogen-bond donors (Lipinski definition) is 2. The van der Waals surface area contributed by atoms with Crippen molar-refractivity contribution < 1.29 is 29.3 Å². The minimum absolute atomic E-state index is 0.162. The zero-order valence-electron chi connectivity index (χ0n) is 32.9. The fourth-order valence-electron chi connectivity index (χ4n) is 5.93. The molecule has 0 fully saturated rings. The molecule has 0 rings (SSSR count). The summed E-state index contributed by atoms with van der Waals surface area (Å²) in [5, 5.41) is 20.1. The molecule has 50 heavy (non-hydrogen) atoms. The van der Waals surface area contributed by atoms with Crippen LogP contribution in [0.5, 0.6) is 0 Å². The zero-order valence-corrected chi connectivity index (χ0v) is 32.9. The second-order valence-electron chi connectivity index (χ2n) is 14.8. The molecular formula is C44H80O6. The number of esters is 2. The molecule has 0 saturated heterocycles. The fourth-order valence-corrected chi connectivity index (χ4v) is 5.93. The Morgan fingerprint density at radius 2 is 1.02 bits per heavy atom. The van der Waals surface area contributed by atoms with Crippen LogP contribution in [0.3, 0.4) is 0 Å². The number of rotatable bonds is 37. The summed E-state index contributed by atoms with van der Waals surface area (Å²) in [7, 11) is 0. The topological polar surface area (TPSA) is 93.1 Å². The number of aliphatic hydroxyl groups is 2. The van der Waals surface area contributed by atoms with Crippen LogP contribution >= 0.6 is 0 Å². The molecular weight excluding hydrogens is 624 g/mol. The van der Waals surface area contributed by atoms with Gasteiger partial charge in [-0.3, -0.25) is 9.59 Å². The normalized spacial score (nSPS) is 13.2. The standard InChI is InChI=1S/C44H80O6/c1-4-5-6-7-8-9-10-14-18-21-24-27-30-34-41(45)35-32-37-44(48)50-39-42(46)38-49-43(47)36-31-28-25-22-19-16-13-11-12-15-17-20-23-26-29-33-40(2)3/h14,18,24,27,30,34,40-42,45-46H,4-13,15-17,19-23,25-26,28-29,31-33,35-39H2,1-3H3/b18-14+,27-24+,34-30+/t41?,42-/m1/s1. The molecule has 0 amide bonds. The summed E-state index contributed by atoms with van der Waals surface area (Å²) >= 11 is 0. The lowest BCUT2D eigenvalue weighted by Crippen LogP contribution is -2.25. The van der Waals surface area contributed by atoms with E-state index in [9.17, 15) is 19.8 Å². The van der Waals surface area contributed by atoms with E-state index in [1.165, 1.54) is 122 Å². The van der Waals surface area contributed by atoms with Crippen molar-refractivity contribution in [3.8, 4) is 0 Å². The number of carbonyl (C=O) groups is 2. The van der Waals surface area contributed by atoms with Gasteiger partial charge in [0.1, 0.15) is 19.3 Å². The van der Waals surface area contributed by atoms with Gasteiger partial charge in [-0.2, -0.15) is 0 Å². The third-order valence-corrected chi connectivity index (χ3v) is 9.16. The van der Waals surface area contributed by atoms with Gasteiger partial charge < -0.3 is 19.7 Å². The molecule has 0 aliphatic carbocycles. The van der Waals surface area contributed by atoms with Crippen LogP contribution in [0.15, 0.2) is 36.5 Å². The average molecular weight is 705 g/mol. The Morgan fingerprint density at radius 1 is 0.540 bits per heavy atom. The first-order valence-corrected chi connectivity index (χ1v) is 21.0. The molecule has 292 valence electrons. The summed E-state index contributed by atoms with van der Waals surface area (Å²) in [6.07, 6.45) is 42.4. The predicted octanol–water partition coefficient (Wildman–Crippen LogP) is 12.1. The third kappa shape index (κ3) is 38.9. The Bertz CT molecular complexity index is 832. The number of allylic oxidation sites excluding steroid dienone is 5. The van der Waals surface area contributed by atoms with Crippen molar-refractivity contribution in [2.45, 2.75) is 213 Å². The number of hydrogen-bond acceptors (Lipinski definition) is 6. The van der Waals surface area contributed by atoms with E-state index in [2.05, 4.69) is 39.0 Å². The van der Waals surface area contributed by atoms with Crippen LogP contribution in [0.25, 0.3) is 0 Å². The number of ether oxygens (including phenoxy) is 2. The molecule has 6 nitrogen and oxygen atoms in total. The minimum atomic E-state index is -1.03. The lowest BCUT2D eigenvalue weighted by Gasteiger charge is -2.12. The van der Waals surface area contributed by atoms with Crippen LogP contribution in [0, 0.1) is 5.92 Å². The number of carbonyl (C=O) groups excluding carboxylic acids is 2. The highest BCUT2D eigenvalue weighted by Crippen LogP contribution is 2.15. The highest BCUT2D eigenvalue weighted by Gasteiger charge is 2.12. The number of unbranched alkanes of at least 4 members (excludes halogenated alkanes) is 20.